The van der Waals surface area contributed by atoms with Crippen LogP contribution in [-0.4, -0.2) is 25.8 Å². The highest BCUT2D eigenvalue weighted by Crippen LogP contribution is 2.29. The lowest BCUT2D eigenvalue weighted by molar-refractivity contribution is 0.427. The molecule has 110 valence electrons. The minimum Gasteiger partial charge on any atom is -0.326 e. The van der Waals surface area contributed by atoms with Crippen LogP contribution >= 0.6 is 15.9 Å². The molecule has 1 aromatic rings. The van der Waals surface area contributed by atoms with Gasteiger partial charge in [-0.25, -0.2) is 8.42 Å². The molecule has 4 nitrogen and oxygen atoms in total. The van der Waals surface area contributed by atoms with E-state index in [0.717, 1.165) is 27.6 Å². The Morgan fingerprint density at radius 2 is 2.05 bits per heavy atom. The molecule has 0 fully saturated rings. The summed E-state index contributed by atoms with van der Waals surface area (Å²) in [5.41, 5.74) is 8.27. The smallest absolute Gasteiger partial charge is 0.243 e. The molecule has 20 heavy (non-hydrogen) atoms. The predicted octanol–water partition coefficient (Wildman–Crippen LogP) is 2.56. The third kappa shape index (κ3) is 2.98. The molecule has 1 aromatic carbocycles. The first kappa shape index (κ1) is 15.7. The lowest BCUT2D eigenvalue weighted by atomic mass is 10.1. The molecular formula is C14H19BrN2O2S. The normalized spacial score (nSPS) is 17.1. The lowest BCUT2D eigenvalue weighted by Gasteiger charge is -2.26. The first-order valence-electron chi connectivity index (χ1n) is 6.51. The van der Waals surface area contributed by atoms with Gasteiger partial charge >= 0.3 is 0 Å². The largest absolute Gasteiger partial charge is 0.326 e. The van der Waals surface area contributed by atoms with Gasteiger partial charge in [-0.05, 0) is 43.5 Å². The molecule has 0 aliphatic carbocycles. The summed E-state index contributed by atoms with van der Waals surface area (Å²) in [6.07, 6.45) is 2.85. The number of nitrogens with two attached hydrogens (primary N) is 1. The monoisotopic (exact) mass is 358 g/mol. The zero-order valence-electron chi connectivity index (χ0n) is 11.7. The maximum atomic E-state index is 12.8. The zero-order valence-corrected chi connectivity index (χ0v) is 14.1. The summed E-state index contributed by atoms with van der Waals surface area (Å²) < 4.78 is 27.9. The molecule has 0 atom stereocenters. The molecule has 1 aliphatic heterocycles. The Morgan fingerprint density at radius 3 is 2.65 bits per heavy atom. The molecule has 0 spiro atoms. The van der Waals surface area contributed by atoms with Crippen molar-refractivity contribution in [3.05, 3.63) is 39.4 Å². The van der Waals surface area contributed by atoms with E-state index in [-0.39, 0.29) is 0 Å². The fourth-order valence-electron chi connectivity index (χ4n) is 2.31. The number of nitrogens with zero attached hydrogens (tertiary/aromatic N) is 1. The molecule has 2 N–H and O–H groups in total. The Hall–Kier alpha value is -0.690. The second-order valence-corrected chi connectivity index (χ2v) is 7.84. The van der Waals surface area contributed by atoms with E-state index >= 15 is 0 Å². The predicted molar refractivity (Wildman–Crippen MR) is 83.9 cm³/mol. The number of sulfonamides is 1. The van der Waals surface area contributed by atoms with E-state index in [1.807, 2.05) is 19.9 Å². The van der Waals surface area contributed by atoms with Gasteiger partial charge in [0.15, 0.2) is 0 Å². The van der Waals surface area contributed by atoms with E-state index in [9.17, 15) is 8.42 Å². The van der Waals surface area contributed by atoms with Gasteiger partial charge in [-0.3, -0.25) is 0 Å². The summed E-state index contributed by atoms with van der Waals surface area (Å²) in [4.78, 5) is 0.349. The van der Waals surface area contributed by atoms with E-state index in [4.69, 9.17) is 5.73 Å². The molecule has 6 heteroatoms. The fraction of sp³-hybridized carbons (Fsp3) is 0.429. The van der Waals surface area contributed by atoms with Gasteiger partial charge in [0.25, 0.3) is 0 Å². The van der Waals surface area contributed by atoms with E-state index in [2.05, 4.69) is 22.0 Å². The van der Waals surface area contributed by atoms with Crippen LogP contribution in [0.15, 0.2) is 33.2 Å². The highest BCUT2D eigenvalue weighted by Gasteiger charge is 2.28. The molecule has 0 saturated carbocycles. The highest BCUT2D eigenvalue weighted by atomic mass is 79.9. The van der Waals surface area contributed by atoms with E-state index < -0.39 is 10.0 Å². The minimum absolute atomic E-state index is 0.320. The third-order valence-corrected chi connectivity index (χ3v) is 6.30. The lowest BCUT2D eigenvalue weighted by Crippen LogP contribution is -2.35. The fourth-order valence-corrected chi connectivity index (χ4v) is 4.75. The highest BCUT2D eigenvalue weighted by molar-refractivity contribution is 9.10. The van der Waals surface area contributed by atoms with E-state index in [0.29, 0.717) is 24.5 Å². The van der Waals surface area contributed by atoms with Crippen molar-refractivity contribution in [1.29, 1.82) is 0 Å². The average molecular weight is 359 g/mol. The number of benzene rings is 1. The van der Waals surface area contributed by atoms with Crippen molar-refractivity contribution in [3.63, 3.8) is 0 Å². The quantitative estimate of drug-likeness (QED) is 0.844. The summed E-state index contributed by atoms with van der Waals surface area (Å²) in [5, 5.41) is 0. The average Bonchev–Trinajstić information content (AvgIpc) is 2.41. The molecule has 0 unspecified atom stereocenters. The summed E-state index contributed by atoms with van der Waals surface area (Å²) >= 11 is 3.42. The Kier molecular flexibility index (Phi) is 4.69. The van der Waals surface area contributed by atoms with Crippen LogP contribution in [-0.2, 0) is 16.6 Å². The van der Waals surface area contributed by atoms with Crippen LogP contribution in [0.25, 0.3) is 0 Å². The number of halogens is 1. The van der Waals surface area contributed by atoms with Crippen LogP contribution in [0.2, 0.25) is 0 Å². The molecule has 0 amide bonds. The van der Waals surface area contributed by atoms with Crippen molar-refractivity contribution in [3.8, 4) is 0 Å². The third-order valence-electron chi connectivity index (χ3n) is 3.51. The number of rotatable bonds is 3. The second kappa shape index (κ2) is 5.97. The molecule has 1 heterocycles. The van der Waals surface area contributed by atoms with Crippen molar-refractivity contribution < 1.29 is 8.42 Å². The van der Waals surface area contributed by atoms with Crippen molar-refractivity contribution in [1.82, 2.24) is 4.31 Å². The van der Waals surface area contributed by atoms with Gasteiger partial charge in [0, 0.05) is 24.1 Å². The van der Waals surface area contributed by atoms with Crippen molar-refractivity contribution in [2.24, 2.45) is 5.73 Å². The van der Waals surface area contributed by atoms with Gasteiger partial charge in [0.1, 0.15) is 0 Å². The van der Waals surface area contributed by atoms with Crippen LogP contribution in [0.4, 0.5) is 0 Å². The van der Waals surface area contributed by atoms with Crippen LogP contribution in [0, 0.1) is 6.92 Å². The maximum absolute atomic E-state index is 12.8. The summed E-state index contributed by atoms with van der Waals surface area (Å²) in [6, 6.07) is 3.55. The SMILES string of the molecule is CC1=CCCN(S(=O)(=O)c2cc(CN)cc(Br)c2C)C1. The summed E-state index contributed by atoms with van der Waals surface area (Å²) in [5.74, 6) is 0. The Labute approximate surface area is 128 Å². The minimum atomic E-state index is -3.47. The Bertz CT molecular complexity index is 653. The summed E-state index contributed by atoms with van der Waals surface area (Å²) in [6.45, 7) is 5.08. The molecule has 0 aromatic heterocycles. The molecular weight excluding hydrogens is 340 g/mol. The van der Waals surface area contributed by atoms with Gasteiger partial charge < -0.3 is 5.73 Å². The maximum Gasteiger partial charge on any atom is 0.243 e. The van der Waals surface area contributed by atoms with Crippen LogP contribution in [0.1, 0.15) is 24.5 Å². The molecule has 0 saturated heterocycles. The molecule has 0 bridgehead atoms. The first-order chi connectivity index (χ1) is 9.36. The molecule has 1 aliphatic rings. The van der Waals surface area contributed by atoms with Gasteiger partial charge in [-0.1, -0.05) is 27.6 Å². The first-order valence-corrected chi connectivity index (χ1v) is 8.74. The Morgan fingerprint density at radius 1 is 1.35 bits per heavy atom. The zero-order chi connectivity index (χ0) is 14.9. The Balaban J connectivity index is 2.49. The van der Waals surface area contributed by atoms with Gasteiger partial charge in [0.05, 0.1) is 4.90 Å². The number of hydrogen-bond acceptors (Lipinski definition) is 3. The van der Waals surface area contributed by atoms with Gasteiger partial charge in [-0.15, -0.1) is 0 Å². The topological polar surface area (TPSA) is 63.4 Å². The molecule has 2 rings (SSSR count). The van der Waals surface area contributed by atoms with Crippen molar-refractivity contribution >= 4 is 26.0 Å². The van der Waals surface area contributed by atoms with E-state index in [1.54, 1.807) is 6.07 Å². The molecule has 0 radical (unpaired) electrons. The van der Waals surface area contributed by atoms with Crippen LogP contribution < -0.4 is 5.73 Å². The summed E-state index contributed by atoms with van der Waals surface area (Å²) in [7, 11) is -3.47. The van der Waals surface area contributed by atoms with Crippen LogP contribution in [0.5, 0.6) is 0 Å². The number of hydrogen-bond donors (Lipinski definition) is 1. The van der Waals surface area contributed by atoms with Gasteiger partial charge in [0.2, 0.25) is 10.0 Å². The van der Waals surface area contributed by atoms with Crippen LogP contribution in [0.3, 0.4) is 0 Å². The van der Waals surface area contributed by atoms with E-state index in [1.165, 1.54) is 4.31 Å². The van der Waals surface area contributed by atoms with Crippen molar-refractivity contribution in [2.45, 2.75) is 31.7 Å². The van der Waals surface area contributed by atoms with Crippen molar-refractivity contribution in [2.75, 3.05) is 13.1 Å². The van der Waals surface area contributed by atoms with Gasteiger partial charge in [-0.2, -0.15) is 4.31 Å². The standard InChI is InChI=1S/C14H19BrN2O2S/c1-10-4-3-5-17(9-10)20(18,19)14-7-12(8-16)6-13(15)11(14)2/h4,6-7H,3,5,8-9,16H2,1-2H3. The second-order valence-electron chi connectivity index (χ2n) is 5.08.